The van der Waals surface area contributed by atoms with Gasteiger partial charge in [0.2, 0.25) is 0 Å². The van der Waals surface area contributed by atoms with Gasteiger partial charge in [0.15, 0.2) is 5.76 Å². The van der Waals surface area contributed by atoms with Crippen LogP contribution in [0.4, 0.5) is 10.6 Å². The molecule has 1 aromatic heterocycles. The third-order valence-electron chi connectivity index (χ3n) is 1.76. The van der Waals surface area contributed by atoms with Gasteiger partial charge in [-0.15, -0.1) is 0 Å². The SMILES string of the molecule is [C-]#[N+]c1cc(CN(C)C(=O)OC(C)(C)C)on1. The van der Waals surface area contributed by atoms with Crippen LogP contribution in [0.1, 0.15) is 26.5 Å². The molecular weight excluding hydrogens is 222 g/mol. The summed E-state index contributed by atoms with van der Waals surface area (Å²) >= 11 is 0. The van der Waals surface area contributed by atoms with E-state index in [9.17, 15) is 4.79 Å². The third kappa shape index (κ3) is 4.15. The van der Waals surface area contributed by atoms with Gasteiger partial charge in [0.1, 0.15) is 5.60 Å². The third-order valence-corrected chi connectivity index (χ3v) is 1.76. The highest BCUT2D eigenvalue weighted by Gasteiger charge is 2.20. The van der Waals surface area contributed by atoms with Crippen molar-refractivity contribution in [1.29, 1.82) is 0 Å². The van der Waals surface area contributed by atoms with Crippen LogP contribution in [0.25, 0.3) is 4.85 Å². The van der Waals surface area contributed by atoms with Crippen molar-refractivity contribution in [3.05, 3.63) is 23.2 Å². The Kier molecular flexibility index (Phi) is 3.73. The molecule has 0 aliphatic carbocycles. The number of ether oxygens (including phenoxy) is 1. The Bertz CT molecular complexity index is 440. The van der Waals surface area contributed by atoms with Gasteiger partial charge in [-0.2, -0.15) is 0 Å². The van der Waals surface area contributed by atoms with Gasteiger partial charge >= 0.3 is 11.9 Å². The van der Waals surface area contributed by atoms with Crippen LogP contribution in [0, 0.1) is 6.57 Å². The van der Waals surface area contributed by atoms with Gasteiger partial charge in [-0.25, -0.2) is 4.79 Å². The molecule has 0 saturated carbocycles. The lowest BCUT2D eigenvalue weighted by Gasteiger charge is -2.23. The predicted molar refractivity (Wildman–Crippen MR) is 60.5 cm³/mol. The minimum atomic E-state index is -0.533. The highest BCUT2D eigenvalue weighted by atomic mass is 16.6. The molecule has 1 rings (SSSR count). The quantitative estimate of drug-likeness (QED) is 0.742. The maximum absolute atomic E-state index is 11.6. The fraction of sp³-hybridized carbons (Fsp3) is 0.545. The molecule has 0 radical (unpaired) electrons. The van der Waals surface area contributed by atoms with Crippen LogP contribution in [0.3, 0.4) is 0 Å². The highest BCUT2D eigenvalue weighted by molar-refractivity contribution is 5.67. The van der Waals surface area contributed by atoms with Crippen molar-refractivity contribution in [3.8, 4) is 0 Å². The van der Waals surface area contributed by atoms with Gasteiger partial charge in [0.25, 0.3) is 0 Å². The molecule has 0 atom stereocenters. The Labute approximate surface area is 100.0 Å². The van der Waals surface area contributed by atoms with Crippen molar-refractivity contribution >= 4 is 11.9 Å². The van der Waals surface area contributed by atoms with E-state index in [-0.39, 0.29) is 12.4 Å². The summed E-state index contributed by atoms with van der Waals surface area (Å²) in [6, 6.07) is 1.49. The zero-order chi connectivity index (χ0) is 13.1. The Morgan fingerprint density at radius 1 is 1.65 bits per heavy atom. The molecule has 0 aliphatic rings. The predicted octanol–water partition coefficient (Wildman–Crippen LogP) is 2.59. The second-order valence-corrected chi connectivity index (χ2v) is 4.60. The molecule has 0 N–H and O–H groups in total. The first kappa shape index (κ1) is 13.0. The van der Waals surface area contributed by atoms with Crippen molar-refractivity contribution in [2.24, 2.45) is 0 Å². The van der Waals surface area contributed by atoms with E-state index in [2.05, 4.69) is 10.0 Å². The molecule has 0 bridgehead atoms. The molecule has 1 aromatic rings. The number of nitrogens with zero attached hydrogens (tertiary/aromatic N) is 3. The van der Waals surface area contributed by atoms with E-state index in [1.165, 1.54) is 11.0 Å². The minimum Gasteiger partial charge on any atom is -0.444 e. The van der Waals surface area contributed by atoms with Crippen molar-refractivity contribution in [2.45, 2.75) is 32.9 Å². The van der Waals surface area contributed by atoms with E-state index in [1.54, 1.807) is 27.8 Å². The van der Waals surface area contributed by atoms with Crippen molar-refractivity contribution < 1.29 is 14.1 Å². The van der Waals surface area contributed by atoms with Crippen molar-refractivity contribution in [3.63, 3.8) is 0 Å². The molecule has 0 spiro atoms. The Morgan fingerprint density at radius 3 is 2.76 bits per heavy atom. The molecule has 0 aliphatic heterocycles. The van der Waals surface area contributed by atoms with Crippen LogP contribution in [0.5, 0.6) is 0 Å². The van der Waals surface area contributed by atoms with Crippen LogP contribution in [-0.4, -0.2) is 28.8 Å². The second kappa shape index (κ2) is 4.87. The summed E-state index contributed by atoms with van der Waals surface area (Å²) in [4.78, 5) is 16.1. The van der Waals surface area contributed by atoms with Crippen LogP contribution in [-0.2, 0) is 11.3 Å². The van der Waals surface area contributed by atoms with Gasteiger partial charge in [-0.1, -0.05) is 6.57 Å². The Hall–Kier alpha value is -2.03. The summed E-state index contributed by atoms with van der Waals surface area (Å²) in [6.45, 7) is 12.3. The number of hydrogen-bond donors (Lipinski definition) is 0. The number of carbonyl (C=O) groups excluding carboxylic acids is 1. The number of hydrogen-bond acceptors (Lipinski definition) is 4. The summed E-state index contributed by atoms with van der Waals surface area (Å²) in [5, 5.41) is 3.51. The summed E-state index contributed by atoms with van der Waals surface area (Å²) in [7, 11) is 1.59. The smallest absolute Gasteiger partial charge is 0.410 e. The van der Waals surface area contributed by atoms with Gasteiger partial charge in [0, 0.05) is 13.1 Å². The van der Waals surface area contributed by atoms with E-state index >= 15 is 0 Å². The first-order chi connectivity index (χ1) is 7.81. The normalized spacial score (nSPS) is 10.8. The van der Waals surface area contributed by atoms with E-state index in [1.807, 2.05) is 0 Å². The maximum Gasteiger partial charge on any atom is 0.410 e. The molecule has 6 heteroatoms. The molecular formula is C11H15N3O3. The average Bonchev–Trinajstić information content (AvgIpc) is 2.62. The largest absolute Gasteiger partial charge is 0.444 e. The second-order valence-electron chi connectivity index (χ2n) is 4.60. The Balaban J connectivity index is 2.57. The zero-order valence-electron chi connectivity index (χ0n) is 10.4. The fourth-order valence-electron chi connectivity index (χ4n) is 1.07. The summed E-state index contributed by atoms with van der Waals surface area (Å²) in [6.07, 6.45) is -0.446. The minimum absolute atomic E-state index is 0.178. The van der Waals surface area contributed by atoms with Gasteiger partial charge < -0.3 is 14.5 Å². The lowest BCUT2D eigenvalue weighted by Crippen LogP contribution is -2.33. The van der Waals surface area contributed by atoms with E-state index < -0.39 is 11.7 Å². The standard InChI is InChI=1S/C11H15N3O3/c1-11(2,3)16-10(15)14(5)7-8-6-9(12-4)13-17-8/h6H,7H2,1-3,5H3. The van der Waals surface area contributed by atoms with Gasteiger partial charge in [-0.3, -0.25) is 4.52 Å². The van der Waals surface area contributed by atoms with Crippen LogP contribution >= 0.6 is 0 Å². The fourth-order valence-corrected chi connectivity index (χ4v) is 1.07. The van der Waals surface area contributed by atoms with Crippen LogP contribution in [0.2, 0.25) is 0 Å². The van der Waals surface area contributed by atoms with Crippen LogP contribution < -0.4 is 0 Å². The first-order valence-electron chi connectivity index (χ1n) is 5.09. The van der Waals surface area contributed by atoms with Crippen molar-refractivity contribution in [2.75, 3.05) is 7.05 Å². The average molecular weight is 237 g/mol. The molecule has 0 aromatic carbocycles. The van der Waals surface area contributed by atoms with E-state index in [0.29, 0.717) is 5.76 Å². The summed E-state index contributed by atoms with van der Waals surface area (Å²) < 4.78 is 10.1. The van der Waals surface area contributed by atoms with Crippen LogP contribution in [0.15, 0.2) is 10.6 Å². The summed E-state index contributed by atoms with van der Waals surface area (Å²) in [5.41, 5.74) is -0.533. The number of rotatable bonds is 2. The molecule has 92 valence electrons. The van der Waals surface area contributed by atoms with Crippen molar-refractivity contribution in [1.82, 2.24) is 10.1 Å². The lowest BCUT2D eigenvalue weighted by atomic mass is 10.2. The molecule has 6 nitrogen and oxygen atoms in total. The number of amides is 1. The molecule has 0 unspecified atom stereocenters. The zero-order valence-corrected chi connectivity index (χ0v) is 10.4. The molecule has 0 saturated heterocycles. The maximum atomic E-state index is 11.6. The Morgan fingerprint density at radius 2 is 2.29 bits per heavy atom. The molecule has 0 fully saturated rings. The summed E-state index contributed by atoms with van der Waals surface area (Å²) in [5.74, 6) is 0.627. The molecule has 1 heterocycles. The van der Waals surface area contributed by atoms with Gasteiger partial charge in [0.05, 0.1) is 11.7 Å². The van der Waals surface area contributed by atoms with E-state index in [4.69, 9.17) is 15.8 Å². The number of carbonyl (C=O) groups is 1. The topological polar surface area (TPSA) is 59.9 Å². The highest BCUT2D eigenvalue weighted by Crippen LogP contribution is 2.15. The first-order valence-corrected chi connectivity index (χ1v) is 5.09. The molecule has 17 heavy (non-hydrogen) atoms. The lowest BCUT2D eigenvalue weighted by molar-refractivity contribution is 0.0271. The number of aromatic nitrogens is 1. The monoisotopic (exact) mass is 237 g/mol. The van der Waals surface area contributed by atoms with E-state index in [0.717, 1.165) is 0 Å². The molecule has 1 amide bonds. The van der Waals surface area contributed by atoms with Gasteiger partial charge in [-0.05, 0) is 20.8 Å².